The number of aliphatic hydroxyl groups is 2. The summed E-state index contributed by atoms with van der Waals surface area (Å²) < 4.78 is 5.40. The maximum Gasteiger partial charge on any atom is 0.107 e. The fraction of sp³-hybridized carbons (Fsp3) is 0.250. The molecule has 0 aliphatic heterocycles. The Kier molecular flexibility index (Phi) is 5.95. The standard InChI is InChI=1S/C16H18O3S/c17-15(9-8-14-7-4-10-20-14)16(18)12-19-11-13-5-2-1-3-6-13/h1-10,15-18H,11-12H2/b9-8+/t15-,16-/m0/s1. The molecular weight excluding hydrogens is 272 g/mol. The second-order valence-corrected chi connectivity index (χ2v) is 5.41. The minimum atomic E-state index is -0.923. The summed E-state index contributed by atoms with van der Waals surface area (Å²) in [5.74, 6) is 0. The van der Waals surface area contributed by atoms with Crippen molar-refractivity contribution in [3.8, 4) is 0 Å². The topological polar surface area (TPSA) is 49.7 Å². The maximum absolute atomic E-state index is 9.80. The quantitative estimate of drug-likeness (QED) is 0.824. The smallest absolute Gasteiger partial charge is 0.107 e. The van der Waals surface area contributed by atoms with Crippen LogP contribution < -0.4 is 0 Å². The highest BCUT2D eigenvalue weighted by Crippen LogP contribution is 2.11. The first-order chi connectivity index (χ1) is 9.75. The number of hydrogen-bond acceptors (Lipinski definition) is 4. The Labute approximate surface area is 122 Å². The maximum atomic E-state index is 9.80. The largest absolute Gasteiger partial charge is 0.388 e. The van der Waals surface area contributed by atoms with Crippen molar-refractivity contribution in [2.45, 2.75) is 18.8 Å². The van der Waals surface area contributed by atoms with E-state index in [-0.39, 0.29) is 6.61 Å². The van der Waals surface area contributed by atoms with Crippen LogP contribution >= 0.6 is 11.3 Å². The van der Waals surface area contributed by atoms with Crippen LogP contribution in [0.1, 0.15) is 10.4 Å². The fourth-order valence-electron chi connectivity index (χ4n) is 1.68. The Morgan fingerprint density at radius 2 is 1.90 bits per heavy atom. The predicted molar refractivity (Wildman–Crippen MR) is 81.5 cm³/mol. The van der Waals surface area contributed by atoms with Gasteiger partial charge in [-0.15, -0.1) is 11.3 Å². The normalized spacial score (nSPS) is 14.5. The highest BCUT2D eigenvalue weighted by molar-refractivity contribution is 7.10. The zero-order valence-electron chi connectivity index (χ0n) is 11.1. The Balaban J connectivity index is 1.72. The lowest BCUT2D eigenvalue weighted by atomic mass is 10.2. The number of ether oxygens (including phenoxy) is 1. The highest BCUT2D eigenvalue weighted by atomic mass is 32.1. The van der Waals surface area contributed by atoms with E-state index in [0.29, 0.717) is 6.61 Å². The molecule has 0 bridgehead atoms. The van der Waals surface area contributed by atoms with E-state index in [1.807, 2.05) is 47.8 Å². The Bertz CT molecular complexity index is 508. The van der Waals surface area contributed by atoms with Crippen LogP contribution in [0.4, 0.5) is 0 Å². The fourth-order valence-corrected chi connectivity index (χ4v) is 2.31. The van der Waals surface area contributed by atoms with E-state index < -0.39 is 12.2 Å². The molecule has 4 heteroatoms. The van der Waals surface area contributed by atoms with Crippen LogP contribution in [0, 0.1) is 0 Å². The van der Waals surface area contributed by atoms with Gasteiger partial charge in [0.15, 0.2) is 0 Å². The molecule has 0 saturated carbocycles. The van der Waals surface area contributed by atoms with Crippen LogP contribution in [0.25, 0.3) is 6.08 Å². The van der Waals surface area contributed by atoms with Gasteiger partial charge in [-0.3, -0.25) is 0 Å². The van der Waals surface area contributed by atoms with Gasteiger partial charge in [0, 0.05) is 4.88 Å². The molecule has 2 N–H and O–H groups in total. The first-order valence-corrected chi connectivity index (χ1v) is 7.33. The van der Waals surface area contributed by atoms with E-state index in [9.17, 15) is 10.2 Å². The van der Waals surface area contributed by atoms with E-state index in [1.54, 1.807) is 23.5 Å². The summed E-state index contributed by atoms with van der Waals surface area (Å²) in [5.41, 5.74) is 1.04. The number of rotatable bonds is 7. The van der Waals surface area contributed by atoms with Crippen molar-refractivity contribution >= 4 is 17.4 Å². The Morgan fingerprint density at radius 3 is 2.60 bits per heavy atom. The van der Waals surface area contributed by atoms with E-state index in [2.05, 4.69) is 0 Å². The molecule has 2 aromatic rings. The van der Waals surface area contributed by atoms with Crippen LogP contribution in [0.2, 0.25) is 0 Å². The molecule has 106 valence electrons. The molecule has 0 radical (unpaired) electrons. The van der Waals surface area contributed by atoms with E-state index in [0.717, 1.165) is 10.4 Å². The summed E-state index contributed by atoms with van der Waals surface area (Å²) >= 11 is 1.58. The summed E-state index contributed by atoms with van der Waals surface area (Å²) in [6, 6.07) is 13.6. The molecular formula is C16H18O3S. The zero-order valence-corrected chi connectivity index (χ0v) is 11.9. The second-order valence-electron chi connectivity index (χ2n) is 4.43. The Morgan fingerprint density at radius 1 is 1.10 bits per heavy atom. The van der Waals surface area contributed by atoms with Crippen molar-refractivity contribution in [1.29, 1.82) is 0 Å². The molecule has 1 heterocycles. The van der Waals surface area contributed by atoms with Gasteiger partial charge in [0.05, 0.1) is 13.2 Å². The second kappa shape index (κ2) is 7.97. The Hall–Kier alpha value is -1.46. The van der Waals surface area contributed by atoms with Crippen molar-refractivity contribution in [1.82, 2.24) is 0 Å². The van der Waals surface area contributed by atoms with Gasteiger partial charge in [-0.25, -0.2) is 0 Å². The van der Waals surface area contributed by atoms with E-state index >= 15 is 0 Å². The lowest BCUT2D eigenvalue weighted by molar-refractivity contribution is -0.0245. The monoisotopic (exact) mass is 290 g/mol. The van der Waals surface area contributed by atoms with Crippen molar-refractivity contribution in [3.05, 3.63) is 64.4 Å². The van der Waals surface area contributed by atoms with Gasteiger partial charge < -0.3 is 14.9 Å². The summed E-state index contributed by atoms with van der Waals surface area (Å²) in [4.78, 5) is 1.04. The molecule has 0 unspecified atom stereocenters. The molecule has 2 atom stereocenters. The molecule has 0 fully saturated rings. The summed E-state index contributed by atoms with van der Waals surface area (Å²) in [5, 5.41) is 21.6. The van der Waals surface area contributed by atoms with E-state index in [1.165, 1.54) is 0 Å². The van der Waals surface area contributed by atoms with Crippen LogP contribution in [-0.2, 0) is 11.3 Å². The minimum Gasteiger partial charge on any atom is -0.388 e. The molecule has 20 heavy (non-hydrogen) atoms. The average Bonchev–Trinajstić information content (AvgIpc) is 2.99. The third kappa shape index (κ3) is 4.90. The van der Waals surface area contributed by atoms with Gasteiger partial charge in [0.25, 0.3) is 0 Å². The van der Waals surface area contributed by atoms with Gasteiger partial charge in [0.1, 0.15) is 12.2 Å². The molecule has 3 nitrogen and oxygen atoms in total. The van der Waals surface area contributed by atoms with Crippen LogP contribution in [0.3, 0.4) is 0 Å². The average molecular weight is 290 g/mol. The number of hydrogen-bond donors (Lipinski definition) is 2. The van der Waals surface area contributed by atoms with Gasteiger partial charge in [-0.1, -0.05) is 42.5 Å². The minimum absolute atomic E-state index is 0.102. The van der Waals surface area contributed by atoms with Gasteiger partial charge in [-0.05, 0) is 23.1 Å². The predicted octanol–water partition coefficient (Wildman–Crippen LogP) is 2.70. The molecule has 1 aromatic heterocycles. The van der Waals surface area contributed by atoms with E-state index in [4.69, 9.17) is 4.74 Å². The first-order valence-electron chi connectivity index (χ1n) is 6.45. The molecule has 0 aliphatic carbocycles. The number of aliphatic hydroxyl groups excluding tert-OH is 2. The summed E-state index contributed by atoms with van der Waals surface area (Å²) in [6.45, 7) is 0.532. The lowest BCUT2D eigenvalue weighted by Gasteiger charge is -2.14. The number of benzene rings is 1. The number of thiophene rings is 1. The van der Waals surface area contributed by atoms with Crippen molar-refractivity contribution < 1.29 is 14.9 Å². The summed E-state index contributed by atoms with van der Waals surface area (Å²) in [6.07, 6.45) is 1.54. The molecule has 2 rings (SSSR count). The van der Waals surface area contributed by atoms with Crippen molar-refractivity contribution in [3.63, 3.8) is 0 Å². The molecule has 0 aliphatic rings. The molecule has 0 saturated heterocycles. The summed E-state index contributed by atoms with van der Waals surface area (Å²) in [7, 11) is 0. The third-order valence-corrected chi connectivity index (χ3v) is 3.63. The molecule has 0 amide bonds. The highest BCUT2D eigenvalue weighted by Gasteiger charge is 2.13. The van der Waals surface area contributed by atoms with Crippen molar-refractivity contribution in [2.75, 3.05) is 6.61 Å². The van der Waals surface area contributed by atoms with Crippen LogP contribution in [0.15, 0.2) is 53.9 Å². The third-order valence-electron chi connectivity index (χ3n) is 2.80. The molecule has 1 aromatic carbocycles. The zero-order chi connectivity index (χ0) is 14.2. The van der Waals surface area contributed by atoms with Crippen LogP contribution in [-0.4, -0.2) is 29.0 Å². The molecule has 0 spiro atoms. The van der Waals surface area contributed by atoms with Gasteiger partial charge in [0.2, 0.25) is 0 Å². The van der Waals surface area contributed by atoms with Crippen molar-refractivity contribution in [2.24, 2.45) is 0 Å². The van der Waals surface area contributed by atoms with Gasteiger partial charge in [-0.2, -0.15) is 0 Å². The van der Waals surface area contributed by atoms with Crippen LogP contribution in [0.5, 0.6) is 0 Å². The van der Waals surface area contributed by atoms with Gasteiger partial charge >= 0.3 is 0 Å². The lowest BCUT2D eigenvalue weighted by Crippen LogP contribution is -2.28. The SMILES string of the molecule is O[C@@H](/C=C/c1cccs1)[C@@H](O)COCc1ccccc1. The first kappa shape index (κ1) is 14.9.